The summed E-state index contributed by atoms with van der Waals surface area (Å²) in [5.74, 6) is 4.15. The average molecular weight is 469 g/mol. The topological polar surface area (TPSA) is 94.0 Å². The lowest BCUT2D eigenvalue weighted by atomic mass is 10.1. The predicted octanol–water partition coefficient (Wildman–Crippen LogP) is 4.16. The smallest absolute Gasteiger partial charge is 0.146 e. The number of aryl methyl sites for hydroxylation is 1. The number of imidazole rings is 1. The van der Waals surface area contributed by atoms with Crippen molar-refractivity contribution in [1.82, 2.24) is 19.5 Å². The van der Waals surface area contributed by atoms with Gasteiger partial charge in [0, 0.05) is 45.5 Å². The van der Waals surface area contributed by atoms with Gasteiger partial charge in [-0.1, -0.05) is 0 Å². The van der Waals surface area contributed by atoms with Crippen LogP contribution in [0.1, 0.15) is 12.5 Å². The molecule has 33 heavy (non-hydrogen) atoms. The first-order valence-corrected chi connectivity index (χ1v) is 12.4. The number of anilines is 3. The predicted molar refractivity (Wildman–Crippen MR) is 131 cm³/mol. The Labute approximate surface area is 192 Å². The van der Waals surface area contributed by atoms with E-state index in [-0.39, 0.29) is 6.10 Å². The van der Waals surface area contributed by atoms with Gasteiger partial charge in [0.25, 0.3) is 0 Å². The van der Waals surface area contributed by atoms with Crippen LogP contribution in [-0.4, -0.2) is 42.0 Å². The number of ether oxygens (including phenoxy) is 1. The fraction of sp³-hybridized carbons (Fsp3) is 0.217. The lowest BCUT2D eigenvalue weighted by Crippen LogP contribution is -2.19. The molecule has 0 aliphatic carbocycles. The number of halogens is 1. The van der Waals surface area contributed by atoms with E-state index in [2.05, 4.69) is 30.9 Å². The molecule has 172 valence electrons. The Morgan fingerprint density at radius 2 is 2.09 bits per heavy atom. The molecule has 2 aromatic heterocycles. The summed E-state index contributed by atoms with van der Waals surface area (Å²) in [4.78, 5) is 12.8. The minimum absolute atomic E-state index is 0.231. The molecule has 0 aliphatic rings. The highest BCUT2D eigenvalue weighted by atomic mass is 32.2. The average Bonchev–Trinajstić information content (AvgIpc) is 3.21. The standard InChI is InChI=1S/C23H25FN6O2S/c1-15-9-18(29-33(3,4)31)11-20-22(15)23(27-13-26-20)28-19-6-5-17(24)10-21(19)32-16(2)12-30-8-7-25-14-30/h5-11,13-14,16H,3,12H2,1-2,4H3,(H,29,31)(H,26,27,28). The third-order valence-electron chi connectivity index (χ3n) is 4.82. The number of nitrogens with one attached hydrogen (secondary N) is 2. The molecule has 2 N–H and O–H groups in total. The normalized spacial score (nSPS) is 13.9. The lowest BCUT2D eigenvalue weighted by Gasteiger charge is -2.19. The zero-order valence-corrected chi connectivity index (χ0v) is 19.4. The Morgan fingerprint density at radius 3 is 2.82 bits per heavy atom. The van der Waals surface area contributed by atoms with E-state index in [1.54, 1.807) is 24.7 Å². The van der Waals surface area contributed by atoms with Gasteiger partial charge in [-0.15, -0.1) is 0 Å². The summed E-state index contributed by atoms with van der Waals surface area (Å²) in [6.07, 6.45) is 7.98. The minimum Gasteiger partial charge on any atom is -0.487 e. The van der Waals surface area contributed by atoms with Crippen molar-refractivity contribution in [3.8, 4) is 5.75 Å². The van der Waals surface area contributed by atoms with Crippen LogP contribution in [0, 0.1) is 12.7 Å². The molecular weight excluding hydrogens is 443 g/mol. The first kappa shape index (κ1) is 22.5. The first-order valence-electron chi connectivity index (χ1n) is 10.2. The number of nitrogens with zero attached hydrogens (tertiary/aromatic N) is 4. The van der Waals surface area contributed by atoms with Crippen LogP contribution < -0.4 is 14.8 Å². The van der Waals surface area contributed by atoms with E-state index in [0.29, 0.717) is 35.0 Å². The quantitative estimate of drug-likeness (QED) is 0.377. The van der Waals surface area contributed by atoms with Gasteiger partial charge in [0.05, 0.1) is 24.1 Å². The van der Waals surface area contributed by atoms with Crippen LogP contribution in [-0.2, 0) is 16.3 Å². The van der Waals surface area contributed by atoms with E-state index in [0.717, 1.165) is 10.9 Å². The van der Waals surface area contributed by atoms with Gasteiger partial charge in [-0.2, -0.15) is 0 Å². The molecule has 0 radical (unpaired) electrons. The molecule has 8 nitrogen and oxygen atoms in total. The fourth-order valence-electron chi connectivity index (χ4n) is 3.56. The van der Waals surface area contributed by atoms with Gasteiger partial charge in [-0.25, -0.2) is 23.6 Å². The van der Waals surface area contributed by atoms with E-state index in [1.165, 1.54) is 24.7 Å². The second-order valence-corrected chi connectivity index (χ2v) is 10.2. The monoisotopic (exact) mass is 468 g/mol. The number of rotatable bonds is 8. The molecule has 4 aromatic rings. The van der Waals surface area contributed by atoms with Crippen LogP contribution in [0.15, 0.2) is 55.4 Å². The third-order valence-corrected chi connectivity index (χ3v) is 5.49. The fourth-order valence-corrected chi connectivity index (χ4v) is 4.18. The van der Waals surface area contributed by atoms with Gasteiger partial charge < -0.3 is 19.3 Å². The summed E-state index contributed by atoms with van der Waals surface area (Å²) in [5, 5.41) is 4.05. The molecule has 2 aromatic carbocycles. The van der Waals surface area contributed by atoms with Crippen LogP contribution in [0.2, 0.25) is 0 Å². The molecule has 0 aliphatic heterocycles. The molecule has 0 bridgehead atoms. The highest BCUT2D eigenvalue weighted by Crippen LogP contribution is 2.33. The molecule has 10 heteroatoms. The maximum absolute atomic E-state index is 14.0. The zero-order valence-electron chi connectivity index (χ0n) is 18.6. The highest BCUT2D eigenvalue weighted by Gasteiger charge is 2.15. The Balaban J connectivity index is 1.65. The highest BCUT2D eigenvalue weighted by molar-refractivity contribution is 8.00. The van der Waals surface area contributed by atoms with Crippen molar-refractivity contribution < 1.29 is 13.3 Å². The molecular formula is C23H25FN6O2S. The largest absolute Gasteiger partial charge is 0.487 e. The Morgan fingerprint density at radius 1 is 1.27 bits per heavy atom. The van der Waals surface area contributed by atoms with E-state index < -0.39 is 15.5 Å². The van der Waals surface area contributed by atoms with Crippen LogP contribution in [0.25, 0.3) is 10.9 Å². The van der Waals surface area contributed by atoms with Crippen molar-refractivity contribution in [2.75, 3.05) is 16.3 Å². The van der Waals surface area contributed by atoms with Crippen molar-refractivity contribution in [3.05, 3.63) is 66.8 Å². The molecule has 4 rings (SSSR count). The number of hydrogen-bond donors (Lipinski definition) is 2. The second-order valence-electron chi connectivity index (χ2n) is 7.97. The molecule has 0 saturated carbocycles. The second kappa shape index (κ2) is 9.07. The SMILES string of the molecule is C=S(C)(=O)Nc1cc(C)c2c(Nc3ccc(F)cc3OC(C)Cn3ccnc3)ncnc2c1. The summed E-state index contributed by atoms with van der Waals surface area (Å²) in [5.41, 5.74) is 2.77. The van der Waals surface area contributed by atoms with E-state index in [4.69, 9.17) is 4.74 Å². The molecule has 2 atom stereocenters. The molecule has 2 heterocycles. The number of benzene rings is 2. The molecule has 0 fully saturated rings. The van der Waals surface area contributed by atoms with E-state index in [1.807, 2.05) is 30.7 Å². The minimum atomic E-state index is -2.43. The van der Waals surface area contributed by atoms with Crippen LogP contribution >= 0.6 is 0 Å². The van der Waals surface area contributed by atoms with E-state index in [9.17, 15) is 8.60 Å². The number of fused-ring (bicyclic) bond motifs is 1. The van der Waals surface area contributed by atoms with Gasteiger partial charge >= 0.3 is 0 Å². The van der Waals surface area contributed by atoms with Gasteiger partial charge in [0.2, 0.25) is 0 Å². The summed E-state index contributed by atoms with van der Waals surface area (Å²) in [7, 11) is -2.43. The van der Waals surface area contributed by atoms with Crippen molar-refractivity contribution >= 4 is 43.7 Å². The van der Waals surface area contributed by atoms with Crippen LogP contribution in [0.5, 0.6) is 5.75 Å². The van der Waals surface area contributed by atoms with Crippen molar-refractivity contribution in [2.45, 2.75) is 26.5 Å². The lowest BCUT2D eigenvalue weighted by molar-refractivity contribution is 0.200. The van der Waals surface area contributed by atoms with Crippen LogP contribution in [0.3, 0.4) is 0 Å². The van der Waals surface area contributed by atoms with Gasteiger partial charge in [0.1, 0.15) is 29.8 Å². The summed E-state index contributed by atoms with van der Waals surface area (Å²) < 4.78 is 36.9. The summed E-state index contributed by atoms with van der Waals surface area (Å²) in [6.45, 7) is 4.38. The Hall–Kier alpha value is -3.66. The molecule has 0 saturated heterocycles. The molecule has 2 unspecified atom stereocenters. The Bertz CT molecular complexity index is 1390. The van der Waals surface area contributed by atoms with Gasteiger partial charge in [-0.3, -0.25) is 0 Å². The maximum Gasteiger partial charge on any atom is 0.146 e. The first-order chi connectivity index (χ1) is 15.7. The third kappa shape index (κ3) is 5.58. The van der Waals surface area contributed by atoms with Crippen molar-refractivity contribution in [1.29, 1.82) is 0 Å². The van der Waals surface area contributed by atoms with Crippen LogP contribution in [0.4, 0.5) is 21.6 Å². The van der Waals surface area contributed by atoms with Crippen molar-refractivity contribution in [2.24, 2.45) is 0 Å². The summed E-state index contributed by atoms with van der Waals surface area (Å²) >= 11 is 0. The Kier molecular flexibility index (Phi) is 6.19. The van der Waals surface area contributed by atoms with Crippen molar-refractivity contribution in [3.63, 3.8) is 0 Å². The molecule has 0 spiro atoms. The van der Waals surface area contributed by atoms with Gasteiger partial charge in [-0.05, 0) is 49.5 Å². The number of hydrogen-bond acceptors (Lipinski definition) is 6. The summed E-state index contributed by atoms with van der Waals surface area (Å²) in [6, 6.07) is 7.97. The number of aromatic nitrogens is 4. The maximum atomic E-state index is 14.0. The zero-order chi connectivity index (χ0) is 23.6. The van der Waals surface area contributed by atoms with E-state index >= 15 is 0 Å². The molecule has 0 amide bonds. The van der Waals surface area contributed by atoms with Gasteiger partial charge in [0.15, 0.2) is 0 Å².